The summed E-state index contributed by atoms with van der Waals surface area (Å²) in [5, 5.41) is 0. The lowest BCUT2D eigenvalue weighted by atomic mass is 9.40. The van der Waals surface area contributed by atoms with Crippen molar-refractivity contribution in [2.45, 2.75) is 38.5 Å². The SMILES string of the molecule is CC(C)(c1ccc(N)cc1)C1(CN)C=CC(CN)C(CN)(C(C)(C)c2ccc(N)cc2)C1CN. The Hall–Kier alpha value is -2.38. The molecular weight excluding hydrogens is 420 g/mol. The minimum absolute atomic E-state index is 0.0337. The second kappa shape index (κ2) is 9.34. The fraction of sp³-hybridized carbons (Fsp3) is 0.500. The van der Waals surface area contributed by atoms with Gasteiger partial charge in [-0.15, -0.1) is 0 Å². The summed E-state index contributed by atoms with van der Waals surface area (Å²) >= 11 is 0. The fourth-order valence-electron chi connectivity index (χ4n) is 6.90. The van der Waals surface area contributed by atoms with Crippen LogP contribution < -0.4 is 34.4 Å². The van der Waals surface area contributed by atoms with Crippen LogP contribution >= 0.6 is 0 Å². The quantitative estimate of drug-likeness (QED) is 0.260. The third kappa shape index (κ3) is 3.64. The van der Waals surface area contributed by atoms with E-state index in [-0.39, 0.29) is 22.7 Å². The van der Waals surface area contributed by atoms with Gasteiger partial charge in [0.2, 0.25) is 0 Å². The maximum atomic E-state index is 6.77. The Kier molecular flexibility index (Phi) is 7.21. The molecular formula is C28H44N6. The van der Waals surface area contributed by atoms with Gasteiger partial charge in [-0.2, -0.15) is 0 Å². The molecule has 1 aliphatic rings. The van der Waals surface area contributed by atoms with E-state index >= 15 is 0 Å². The Morgan fingerprint density at radius 2 is 1.15 bits per heavy atom. The van der Waals surface area contributed by atoms with E-state index in [0.29, 0.717) is 26.2 Å². The Balaban J connectivity index is 2.31. The highest BCUT2D eigenvalue weighted by Crippen LogP contribution is 2.63. The Labute approximate surface area is 205 Å². The molecule has 0 saturated heterocycles. The summed E-state index contributed by atoms with van der Waals surface area (Å²) in [5.41, 5.74) is 40.8. The topological polar surface area (TPSA) is 156 Å². The molecule has 1 aliphatic carbocycles. The highest BCUT2D eigenvalue weighted by Gasteiger charge is 2.64. The second-order valence-electron chi connectivity index (χ2n) is 11.0. The molecule has 12 N–H and O–H groups in total. The van der Waals surface area contributed by atoms with Gasteiger partial charge in [-0.05, 0) is 72.3 Å². The minimum Gasteiger partial charge on any atom is -0.399 e. The van der Waals surface area contributed by atoms with Crippen LogP contribution in [0.1, 0.15) is 38.8 Å². The third-order valence-electron chi connectivity index (χ3n) is 9.29. The number of anilines is 2. The molecule has 0 spiro atoms. The largest absolute Gasteiger partial charge is 0.399 e. The molecule has 2 aromatic rings. The summed E-state index contributed by atoms with van der Waals surface area (Å²) in [6.07, 6.45) is 4.54. The zero-order chi connectivity index (χ0) is 25.4. The highest BCUT2D eigenvalue weighted by atomic mass is 14.8. The third-order valence-corrected chi connectivity index (χ3v) is 9.29. The van der Waals surface area contributed by atoms with E-state index in [1.54, 1.807) is 0 Å². The van der Waals surface area contributed by atoms with Crippen molar-refractivity contribution >= 4 is 11.4 Å². The molecule has 6 heteroatoms. The average Bonchev–Trinajstić information content (AvgIpc) is 2.82. The Morgan fingerprint density at radius 1 is 0.676 bits per heavy atom. The summed E-state index contributed by atoms with van der Waals surface area (Å²) in [6.45, 7) is 10.8. The van der Waals surface area contributed by atoms with Gasteiger partial charge in [-0.3, -0.25) is 0 Å². The number of benzene rings is 2. The van der Waals surface area contributed by atoms with Gasteiger partial charge in [-0.1, -0.05) is 64.1 Å². The summed E-state index contributed by atoms with van der Waals surface area (Å²) in [7, 11) is 0. The van der Waals surface area contributed by atoms with Crippen LogP contribution in [0.5, 0.6) is 0 Å². The van der Waals surface area contributed by atoms with E-state index < -0.39 is 10.8 Å². The van der Waals surface area contributed by atoms with Crippen molar-refractivity contribution in [3.63, 3.8) is 0 Å². The molecule has 2 aromatic carbocycles. The lowest BCUT2D eigenvalue weighted by Crippen LogP contribution is -2.68. The normalized spacial score (nSPS) is 27.6. The number of hydrogen-bond donors (Lipinski definition) is 6. The molecule has 186 valence electrons. The first-order chi connectivity index (χ1) is 16.0. The van der Waals surface area contributed by atoms with Crippen LogP contribution in [0.4, 0.5) is 11.4 Å². The fourth-order valence-corrected chi connectivity index (χ4v) is 6.90. The van der Waals surface area contributed by atoms with Crippen molar-refractivity contribution in [2.75, 3.05) is 37.6 Å². The van der Waals surface area contributed by atoms with Gasteiger partial charge >= 0.3 is 0 Å². The molecule has 3 rings (SSSR count). The van der Waals surface area contributed by atoms with E-state index in [4.69, 9.17) is 34.4 Å². The van der Waals surface area contributed by atoms with E-state index in [9.17, 15) is 0 Å². The minimum atomic E-state index is -0.450. The first kappa shape index (κ1) is 26.2. The standard InChI is InChI=1S/C28H44N6/c1-25(2,19-5-9-22(33)10-6-19)27(17-31)14-13-21(15-29)28(18-32,24(27)16-30)26(3,4)20-7-11-23(34)12-8-20/h5-14,21,24H,15-18,29-34H2,1-4H3. The maximum absolute atomic E-state index is 6.77. The number of rotatable bonds is 8. The van der Waals surface area contributed by atoms with E-state index in [1.165, 1.54) is 0 Å². The molecule has 0 aromatic heterocycles. The molecule has 0 bridgehead atoms. The van der Waals surface area contributed by atoms with Crippen LogP contribution in [0.3, 0.4) is 0 Å². The second-order valence-corrected chi connectivity index (χ2v) is 11.0. The smallest absolute Gasteiger partial charge is 0.0314 e. The average molecular weight is 465 g/mol. The Bertz CT molecular complexity index is 995. The zero-order valence-corrected chi connectivity index (χ0v) is 21.2. The van der Waals surface area contributed by atoms with Crippen molar-refractivity contribution < 1.29 is 0 Å². The van der Waals surface area contributed by atoms with Crippen molar-refractivity contribution in [1.82, 2.24) is 0 Å². The van der Waals surface area contributed by atoms with Crippen LogP contribution in [0.2, 0.25) is 0 Å². The summed E-state index contributed by atoms with van der Waals surface area (Å²) in [4.78, 5) is 0. The molecule has 0 amide bonds. The summed E-state index contributed by atoms with van der Waals surface area (Å²) in [5.74, 6) is 0.00847. The predicted molar refractivity (Wildman–Crippen MR) is 145 cm³/mol. The zero-order valence-electron chi connectivity index (χ0n) is 21.2. The van der Waals surface area contributed by atoms with Gasteiger partial charge in [0.15, 0.2) is 0 Å². The number of hydrogen-bond acceptors (Lipinski definition) is 6. The van der Waals surface area contributed by atoms with Gasteiger partial charge in [0.25, 0.3) is 0 Å². The molecule has 0 saturated carbocycles. The molecule has 4 atom stereocenters. The van der Waals surface area contributed by atoms with Gasteiger partial charge < -0.3 is 34.4 Å². The van der Waals surface area contributed by atoms with Gasteiger partial charge in [0, 0.05) is 34.2 Å². The molecule has 0 heterocycles. The molecule has 34 heavy (non-hydrogen) atoms. The van der Waals surface area contributed by atoms with E-state index in [0.717, 1.165) is 22.5 Å². The molecule has 0 fully saturated rings. The first-order valence-corrected chi connectivity index (χ1v) is 12.2. The maximum Gasteiger partial charge on any atom is 0.0314 e. The van der Waals surface area contributed by atoms with Crippen molar-refractivity contribution in [3.05, 3.63) is 71.8 Å². The van der Waals surface area contributed by atoms with Crippen molar-refractivity contribution in [2.24, 2.45) is 45.6 Å². The van der Waals surface area contributed by atoms with Gasteiger partial charge in [-0.25, -0.2) is 0 Å². The van der Waals surface area contributed by atoms with Crippen LogP contribution in [0.25, 0.3) is 0 Å². The van der Waals surface area contributed by atoms with Crippen LogP contribution in [-0.4, -0.2) is 26.2 Å². The van der Waals surface area contributed by atoms with Crippen LogP contribution in [-0.2, 0) is 10.8 Å². The van der Waals surface area contributed by atoms with Crippen LogP contribution in [0.15, 0.2) is 60.7 Å². The van der Waals surface area contributed by atoms with Crippen molar-refractivity contribution in [3.8, 4) is 0 Å². The van der Waals surface area contributed by atoms with Crippen LogP contribution in [0, 0.1) is 22.7 Å². The summed E-state index contributed by atoms with van der Waals surface area (Å²) in [6, 6.07) is 16.2. The molecule has 6 nitrogen and oxygen atoms in total. The van der Waals surface area contributed by atoms with Gasteiger partial charge in [0.1, 0.15) is 0 Å². The number of nitrogen functional groups attached to an aromatic ring is 2. The number of nitrogens with two attached hydrogens (primary N) is 6. The van der Waals surface area contributed by atoms with E-state index in [1.807, 2.05) is 24.3 Å². The van der Waals surface area contributed by atoms with Crippen molar-refractivity contribution in [1.29, 1.82) is 0 Å². The predicted octanol–water partition coefficient (Wildman–Crippen LogP) is 2.72. The van der Waals surface area contributed by atoms with E-state index in [2.05, 4.69) is 64.1 Å². The first-order valence-electron chi connectivity index (χ1n) is 12.2. The highest BCUT2D eigenvalue weighted by molar-refractivity contribution is 5.46. The molecule has 0 aliphatic heterocycles. The Morgan fingerprint density at radius 3 is 1.53 bits per heavy atom. The van der Waals surface area contributed by atoms with Gasteiger partial charge in [0.05, 0.1) is 0 Å². The molecule has 4 unspecified atom stereocenters. The molecule has 0 radical (unpaired) electrons. The lowest BCUT2D eigenvalue weighted by molar-refractivity contribution is -0.0651. The summed E-state index contributed by atoms with van der Waals surface area (Å²) < 4.78 is 0. The lowest BCUT2D eigenvalue weighted by Gasteiger charge is -2.65. The monoisotopic (exact) mass is 464 g/mol.